The van der Waals surface area contributed by atoms with Gasteiger partial charge in [-0.3, -0.25) is 9.62 Å². The molecule has 2 aromatic carbocycles. The third-order valence-corrected chi connectivity index (χ3v) is 9.54. The van der Waals surface area contributed by atoms with Gasteiger partial charge in [0, 0.05) is 18.4 Å². The molecule has 0 aromatic heterocycles. The number of hydrogen-bond acceptors (Lipinski definition) is 8. The third kappa shape index (κ3) is 7.04. The van der Waals surface area contributed by atoms with E-state index in [0.29, 0.717) is 30.6 Å². The third-order valence-electron chi connectivity index (χ3n) is 6.56. The number of carbonyl (C=O) groups excluding carboxylic acids is 2. The van der Waals surface area contributed by atoms with Crippen molar-refractivity contribution in [2.75, 3.05) is 24.6 Å². The SMILES string of the molecule is COC(=O)c1ccc(C2CC2)c(S(=O)(=O)Nc2cc(S(C)(=O)=O)c(Cl)cc2C2=CCCCN2C(=O)OC(C)(C)C)c1. The Kier molecular flexibility index (Phi) is 8.50. The van der Waals surface area contributed by atoms with Crippen molar-refractivity contribution < 1.29 is 35.9 Å². The molecule has 1 fully saturated rings. The van der Waals surface area contributed by atoms with E-state index in [4.69, 9.17) is 21.1 Å². The average Bonchev–Trinajstić information content (AvgIpc) is 3.72. The number of amides is 1. The zero-order chi connectivity index (χ0) is 30.3. The maximum atomic E-state index is 13.9. The predicted octanol–water partition coefficient (Wildman–Crippen LogP) is 5.58. The van der Waals surface area contributed by atoms with Crippen LogP contribution in [0.5, 0.6) is 0 Å². The lowest BCUT2D eigenvalue weighted by Crippen LogP contribution is -2.37. The van der Waals surface area contributed by atoms with Gasteiger partial charge in [0.05, 0.1) is 38.9 Å². The van der Waals surface area contributed by atoms with Gasteiger partial charge in [-0.2, -0.15) is 0 Å². The summed E-state index contributed by atoms with van der Waals surface area (Å²) >= 11 is 6.40. The number of methoxy groups -OCH3 is 1. The first-order chi connectivity index (χ1) is 19.0. The van der Waals surface area contributed by atoms with E-state index in [-0.39, 0.29) is 37.5 Å². The number of rotatable bonds is 7. The second-order valence-electron chi connectivity index (χ2n) is 11.1. The molecule has 222 valence electrons. The number of ether oxygens (including phenoxy) is 2. The summed E-state index contributed by atoms with van der Waals surface area (Å²) in [5.41, 5.74) is 0.241. The van der Waals surface area contributed by atoms with Gasteiger partial charge in [-0.05, 0) is 82.2 Å². The van der Waals surface area contributed by atoms with Gasteiger partial charge in [0.2, 0.25) is 0 Å². The lowest BCUT2D eigenvalue weighted by atomic mass is 10.0. The molecule has 13 heteroatoms. The number of benzene rings is 2. The molecule has 2 aliphatic rings. The van der Waals surface area contributed by atoms with Crippen molar-refractivity contribution in [2.45, 2.75) is 67.8 Å². The van der Waals surface area contributed by atoms with Crippen LogP contribution in [0.3, 0.4) is 0 Å². The van der Waals surface area contributed by atoms with E-state index < -0.39 is 37.5 Å². The Balaban J connectivity index is 1.87. The lowest BCUT2D eigenvalue weighted by Gasteiger charge is -2.32. The van der Waals surface area contributed by atoms with Crippen LogP contribution in [0.4, 0.5) is 10.5 Å². The standard InChI is InChI=1S/C28H33ClN2O8S2/c1-28(2,3)39-27(33)31-13-7-6-8-23(31)20-15-21(29)25(40(5,34)35)16-22(20)30-41(36,37)24-14-18(26(32)38-4)11-12-19(24)17-9-10-17/h8,11-12,14-17,30H,6-7,9-10,13H2,1-5H3. The van der Waals surface area contributed by atoms with Crippen LogP contribution in [0.25, 0.3) is 5.70 Å². The van der Waals surface area contributed by atoms with Crippen molar-refractivity contribution in [2.24, 2.45) is 0 Å². The fourth-order valence-corrected chi connectivity index (χ4v) is 7.28. The normalized spacial score (nSPS) is 16.1. The molecule has 0 saturated heterocycles. The van der Waals surface area contributed by atoms with E-state index in [1.807, 2.05) is 0 Å². The average molecular weight is 625 g/mol. The quantitative estimate of drug-likeness (QED) is 0.394. The zero-order valence-corrected chi connectivity index (χ0v) is 25.9. The molecule has 1 aliphatic heterocycles. The number of sulfonamides is 1. The van der Waals surface area contributed by atoms with Crippen molar-refractivity contribution in [1.82, 2.24) is 4.90 Å². The van der Waals surface area contributed by atoms with Crippen LogP contribution < -0.4 is 4.72 Å². The van der Waals surface area contributed by atoms with Crippen molar-refractivity contribution >= 4 is 54.9 Å². The van der Waals surface area contributed by atoms with Crippen LogP contribution in [0.1, 0.15) is 73.9 Å². The summed E-state index contributed by atoms with van der Waals surface area (Å²) in [6.45, 7) is 5.49. The molecule has 10 nitrogen and oxygen atoms in total. The Morgan fingerprint density at radius 3 is 2.32 bits per heavy atom. The van der Waals surface area contributed by atoms with E-state index in [9.17, 15) is 26.4 Å². The van der Waals surface area contributed by atoms with Crippen LogP contribution in [0.15, 0.2) is 46.2 Å². The van der Waals surface area contributed by atoms with E-state index in [2.05, 4.69) is 4.72 Å². The van der Waals surface area contributed by atoms with E-state index in [1.165, 1.54) is 30.2 Å². The zero-order valence-electron chi connectivity index (χ0n) is 23.5. The largest absolute Gasteiger partial charge is 0.465 e. The molecular weight excluding hydrogens is 592 g/mol. The highest BCUT2D eigenvalue weighted by atomic mass is 35.5. The van der Waals surface area contributed by atoms with Gasteiger partial charge in [0.15, 0.2) is 9.84 Å². The minimum atomic E-state index is -4.37. The minimum absolute atomic E-state index is 0.00764. The molecule has 1 saturated carbocycles. The van der Waals surface area contributed by atoms with Crippen molar-refractivity contribution in [3.05, 3.63) is 58.1 Å². The molecule has 2 aromatic rings. The molecule has 1 amide bonds. The maximum absolute atomic E-state index is 13.9. The first-order valence-corrected chi connectivity index (χ1v) is 16.8. The van der Waals surface area contributed by atoms with Crippen molar-refractivity contribution in [3.63, 3.8) is 0 Å². The first kappa shape index (κ1) is 30.9. The Labute approximate surface area is 245 Å². The Morgan fingerprint density at radius 1 is 1.05 bits per heavy atom. The molecule has 0 atom stereocenters. The molecule has 4 rings (SSSR count). The molecule has 0 spiro atoms. The molecule has 1 N–H and O–H groups in total. The van der Waals surface area contributed by atoms with Gasteiger partial charge in [0.1, 0.15) is 5.60 Å². The van der Waals surface area contributed by atoms with Gasteiger partial charge in [-0.15, -0.1) is 0 Å². The number of allylic oxidation sites excluding steroid dienone is 1. The molecule has 0 bridgehead atoms. The molecule has 41 heavy (non-hydrogen) atoms. The van der Waals surface area contributed by atoms with E-state index in [0.717, 1.165) is 25.2 Å². The number of anilines is 1. The molecule has 0 unspecified atom stereocenters. The number of hydrogen-bond donors (Lipinski definition) is 1. The van der Waals surface area contributed by atoms with Crippen LogP contribution in [-0.2, 0) is 29.3 Å². The van der Waals surface area contributed by atoms with Crippen LogP contribution in [-0.4, -0.2) is 59.3 Å². The van der Waals surface area contributed by atoms with Crippen LogP contribution in [0.2, 0.25) is 5.02 Å². The highest BCUT2D eigenvalue weighted by Crippen LogP contribution is 2.44. The Bertz CT molecular complexity index is 1640. The fourth-order valence-electron chi connectivity index (χ4n) is 4.56. The number of esters is 1. The number of sulfone groups is 1. The number of nitrogens with one attached hydrogen (secondary N) is 1. The Morgan fingerprint density at radius 2 is 1.73 bits per heavy atom. The monoisotopic (exact) mass is 624 g/mol. The predicted molar refractivity (Wildman–Crippen MR) is 155 cm³/mol. The van der Waals surface area contributed by atoms with Gasteiger partial charge in [-0.25, -0.2) is 26.4 Å². The smallest absolute Gasteiger partial charge is 0.414 e. The summed E-state index contributed by atoms with van der Waals surface area (Å²) < 4.78 is 65.9. The van der Waals surface area contributed by atoms with Crippen molar-refractivity contribution in [3.8, 4) is 0 Å². The fraction of sp³-hybridized carbons (Fsp3) is 0.429. The van der Waals surface area contributed by atoms with Crippen molar-refractivity contribution in [1.29, 1.82) is 0 Å². The second-order valence-corrected chi connectivity index (χ2v) is 15.1. The number of halogens is 1. The molecule has 0 radical (unpaired) electrons. The van der Waals surface area contributed by atoms with Gasteiger partial charge in [-0.1, -0.05) is 23.7 Å². The summed E-state index contributed by atoms with van der Waals surface area (Å²) in [5.74, 6) is -0.691. The summed E-state index contributed by atoms with van der Waals surface area (Å²) in [4.78, 5) is 26.3. The van der Waals surface area contributed by atoms with Gasteiger partial charge in [0.25, 0.3) is 10.0 Å². The molecule has 1 heterocycles. The van der Waals surface area contributed by atoms with Crippen LogP contribution in [0, 0.1) is 0 Å². The topological polar surface area (TPSA) is 136 Å². The van der Waals surface area contributed by atoms with Gasteiger partial charge >= 0.3 is 12.1 Å². The molecule has 1 aliphatic carbocycles. The Hall–Kier alpha value is -3.09. The van der Waals surface area contributed by atoms with E-state index in [1.54, 1.807) is 32.9 Å². The lowest BCUT2D eigenvalue weighted by molar-refractivity contribution is 0.0346. The summed E-state index contributed by atoms with van der Waals surface area (Å²) in [7, 11) is -7.04. The summed E-state index contributed by atoms with van der Waals surface area (Å²) in [6, 6.07) is 6.84. The number of nitrogens with zero attached hydrogens (tertiary/aromatic N) is 1. The molecular formula is C28H33ClN2O8S2. The number of carbonyl (C=O) groups is 2. The summed E-state index contributed by atoms with van der Waals surface area (Å²) in [6.07, 6.45) is 4.89. The van der Waals surface area contributed by atoms with Crippen LogP contribution >= 0.6 is 11.6 Å². The first-order valence-electron chi connectivity index (χ1n) is 13.0. The minimum Gasteiger partial charge on any atom is -0.465 e. The maximum Gasteiger partial charge on any atom is 0.414 e. The summed E-state index contributed by atoms with van der Waals surface area (Å²) in [5, 5.41) is -0.132. The van der Waals surface area contributed by atoms with Gasteiger partial charge < -0.3 is 9.47 Å². The highest BCUT2D eigenvalue weighted by Gasteiger charge is 2.34. The highest BCUT2D eigenvalue weighted by molar-refractivity contribution is 7.92. The second kappa shape index (κ2) is 11.3. The van der Waals surface area contributed by atoms with E-state index >= 15 is 0 Å².